The van der Waals surface area contributed by atoms with Gasteiger partial charge in [-0.05, 0) is 50.6 Å². The maximum atomic E-state index is 12.7. The minimum atomic E-state index is -0.342. The molecular weight excluding hydrogens is 402 g/mol. The highest BCUT2D eigenvalue weighted by Crippen LogP contribution is 2.23. The Labute approximate surface area is 178 Å². The number of hydrogen-bond donors (Lipinski definition) is 1. The standard InChI is InChI=1S/C22H20ClN5O2/c1-13-9-10-17(23)11-18(13)24-21(29)20-14(2)28(27-26-20)12-19-15(3)30-22(25-19)16-7-5-4-6-8-16/h4-11H,12H2,1-3H3,(H,24,29). The Balaban J connectivity index is 1.55. The number of anilines is 1. The number of benzene rings is 2. The maximum Gasteiger partial charge on any atom is 0.278 e. The SMILES string of the molecule is Cc1ccc(Cl)cc1NC(=O)c1nnn(Cc2nc(-c3ccccc3)oc2C)c1C. The summed E-state index contributed by atoms with van der Waals surface area (Å²) in [6.07, 6.45) is 0. The van der Waals surface area contributed by atoms with Crippen LogP contribution in [0.2, 0.25) is 5.02 Å². The predicted molar refractivity (Wildman–Crippen MR) is 115 cm³/mol. The van der Waals surface area contributed by atoms with Gasteiger partial charge >= 0.3 is 0 Å². The Kier molecular flexibility index (Phi) is 5.37. The molecule has 0 fully saturated rings. The lowest BCUT2D eigenvalue weighted by Crippen LogP contribution is -2.15. The molecular formula is C22H20ClN5O2. The topological polar surface area (TPSA) is 85.8 Å². The fourth-order valence-electron chi connectivity index (χ4n) is 3.05. The van der Waals surface area contributed by atoms with Gasteiger partial charge in [-0.1, -0.05) is 41.1 Å². The third kappa shape index (κ3) is 3.97. The lowest BCUT2D eigenvalue weighted by Gasteiger charge is -2.08. The van der Waals surface area contributed by atoms with Gasteiger partial charge in [0.15, 0.2) is 5.69 Å². The van der Waals surface area contributed by atoms with Gasteiger partial charge in [0.2, 0.25) is 5.89 Å². The van der Waals surface area contributed by atoms with Crippen LogP contribution in [0.1, 0.15) is 33.2 Å². The van der Waals surface area contributed by atoms with Gasteiger partial charge in [0.05, 0.1) is 12.2 Å². The second-order valence-electron chi connectivity index (χ2n) is 6.98. The Morgan fingerprint density at radius 1 is 1.13 bits per heavy atom. The van der Waals surface area contributed by atoms with Gasteiger partial charge in [0, 0.05) is 16.3 Å². The van der Waals surface area contributed by atoms with E-state index >= 15 is 0 Å². The number of aromatic nitrogens is 4. The van der Waals surface area contributed by atoms with Crippen molar-refractivity contribution in [2.45, 2.75) is 27.3 Å². The van der Waals surface area contributed by atoms with Crippen LogP contribution in [0, 0.1) is 20.8 Å². The van der Waals surface area contributed by atoms with Crippen LogP contribution in [0.25, 0.3) is 11.5 Å². The Morgan fingerprint density at radius 3 is 2.67 bits per heavy atom. The van der Waals surface area contributed by atoms with E-state index in [0.717, 1.165) is 16.8 Å². The van der Waals surface area contributed by atoms with Crippen molar-refractivity contribution in [3.63, 3.8) is 0 Å². The second kappa shape index (κ2) is 8.12. The summed E-state index contributed by atoms with van der Waals surface area (Å²) >= 11 is 6.03. The molecule has 0 unspecified atom stereocenters. The van der Waals surface area contributed by atoms with Crippen molar-refractivity contribution in [3.05, 3.63) is 82.0 Å². The zero-order chi connectivity index (χ0) is 21.3. The zero-order valence-electron chi connectivity index (χ0n) is 16.8. The number of carbonyl (C=O) groups excluding carboxylic acids is 1. The van der Waals surface area contributed by atoms with E-state index in [9.17, 15) is 4.79 Å². The molecule has 0 spiro atoms. The molecule has 0 aliphatic heterocycles. The molecule has 30 heavy (non-hydrogen) atoms. The Morgan fingerprint density at radius 2 is 1.90 bits per heavy atom. The number of nitrogens with one attached hydrogen (secondary N) is 1. The van der Waals surface area contributed by atoms with E-state index < -0.39 is 0 Å². The van der Waals surface area contributed by atoms with Gasteiger partial charge in [-0.2, -0.15) is 0 Å². The van der Waals surface area contributed by atoms with Crippen molar-refractivity contribution >= 4 is 23.2 Å². The molecule has 0 saturated carbocycles. The maximum absolute atomic E-state index is 12.7. The van der Waals surface area contributed by atoms with E-state index in [1.165, 1.54) is 0 Å². The van der Waals surface area contributed by atoms with Gasteiger partial charge in [-0.25, -0.2) is 9.67 Å². The fourth-order valence-corrected chi connectivity index (χ4v) is 3.22. The smallest absolute Gasteiger partial charge is 0.278 e. The summed E-state index contributed by atoms with van der Waals surface area (Å²) in [4.78, 5) is 17.3. The lowest BCUT2D eigenvalue weighted by atomic mass is 10.2. The van der Waals surface area contributed by atoms with E-state index in [-0.39, 0.29) is 11.6 Å². The molecule has 152 valence electrons. The molecule has 7 nitrogen and oxygen atoms in total. The molecule has 2 heterocycles. The van der Waals surface area contributed by atoms with E-state index in [1.807, 2.05) is 50.2 Å². The zero-order valence-corrected chi connectivity index (χ0v) is 17.6. The van der Waals surface area contributed by atoms with Gasteiger partial charge in [0.25, 0.3) is 5.91 Å². The largest absolute Gasteiger partial charge is 0.441 e. The van der Waals surface area contributed by atoms with Gasteiger partial charge < -0.3 is 9.73 Å². The average molecular weight is 422 g/mol. The monoisotopic (exact) mass is 421 g/mol. The molecule has 8 heteroatoms. The summed E-state index contributed by atoms with van der Waals surface area (Å²) in [6.45, 7) is 5.90. The van der Waals surface area contributed by atoms with Crippen LogP contribution in [0.3, 0.4) is 0 Å². The average Bonchev–Trinajstić information content (AvgIpc) is 3.28. The summed E-state index contributed by atoms with van der Waals surface area (Å²) in [5.74, 6) is 0.908. The number of rotatable bonds is 5. The fraction of sp³-hybridized carbons (Fsp3) is 0.182. The molecule has 0 bridgehead atoms. The van der Waals surface area contributed by atoms with Crippen molar-refractivity contribution in [2.75, 3.05) is 5.32 Å². The number of halogens is 1. The molecule has 0 radical (unpaired) electrons. The summed E-state index contributed by atoms with van der Waals surface area (Å²) in [5, 5.41) is 11.6. The van der Waals surface area contributed by atoms with Crippen molar-refractivity contribution in [2.24, 2.45) is 0 Å². The number of nitrogens with zero attached hydrogens (tertiary/aromatic N) is 4. The van der Waals surface area contributed by atoms with Crippen molar-refractivity contribution in [1.29, 1.82) is 0 Å². The normalized spacial score (nSPS) is 10.9. The van der Waals surface area contributed by atoms with Crippen molar-refractivity contribution in [1.82, 2.24) is 20.0 Å². The number of hydrogen-bond acceptors (Lipinski definition) is 5. The van der Waals surface area contributed by atoms with E-state index in [1.54, 1.807) is 23.7 Å². The molecule has 4 aromatic rings. The Hall–Kier alpha value is -3.45. The van der Waals surface area contributed by atoms with E-state index in [0.29, 0.717) is 34.6 Å². The van der Waals surface area contributed by atoms with Crippen molar-refractivity contribution in [3.8, 4) is 11.5 Å². The van der Waals surface area contributed by atoms with Gasteiger partial charge in [0.1, 0.15) is 11.5 Å². The first kappa shape index (κ1) is 19.8. The molecule has 0 aliphatic carbocycles. The van der Waals surface area contributed by atoms with Crippen LogP contribution >= 0.6 is 11.6 Å². The highest BCUT2D eigenvalue weighted by Gasteiger charge is 2.19. The first-order valence-electron chi connectivity index (χ1n) is 9.41. The molecule has 1 N–H and O–H groups in total. The first-order valence-corrected chi connectivity index (χ1v) is 9.79. The molecule has 0 aliphatic rings. The minimum absolute atomic E-state index is 0.249. The quantitative estimate of drug-likeness (QED) is 0.499. The molecule has 4 rings (SSSR count). The van der Waals surface area contributed by atoms with Crippen LogP contribution in [-0.4, -0.2) is 25.9 Å². The summed E-state index contributed by atoms with van der Waals surface area (Å²) in [5.41, 5.74) is 4.07. The third-order valence-corrected chi connectivity index (χ3v) is 5.09. The number of oxazole rings is 1. The summed E-state index contributed by atoms with van der Waals surface area (Å²) in [7, 11) is 0. The van der Waals surface area contributed by atoms with Crippen LogP contribution in [0.15, 0.2) is 52.9 Å². The van der Waals surface area contributed by atoms with E-state index in [2.05, 4.69) is 20.6 Å². The third-order valence-electron chi connectivity index (χ3n) is 4.86. The molecule has 0 atom stereocenters. The molecule has 2 aromatic carbocycles. The van der Waals surface area contributed by atoms with Crippen LogP contribution in [0.5, 0.6) is 0 Å². The molecule has 1 amide bonds. The number of aryl methyl sites for hydroxylation is 2. The predicted octanol–water partition coefficient (Wildman–Crippen LogP) is 4.81. The van der Waals surface area contributed by atoms with Gasteiger partial charge in [-0.15, -0.1) is 5.10 Å². The number of carbonyl (C=O) groups is 1. The highest BCUT2D eigenvalue weighted by atomic mass is 35.5. The van der Waals surface area contributed by atoms with Crippen molar-refractivity contribution < 1.29 is 9.21 Å². The molecule has 2 aromatic heterocycles. The summed E-state index contributed by atoms with van der Waals surface area (Å²) < 4.78 is 7.44. The van der Waals surface area contributed by atoms with Crippen LogP contribution in [-0.2, 0) is 6.54 Å². The van der Waals surface area contributed by atoms with Gasteiger partial charge in [-0.3, -0.25) is 4.79 Å². The van der Waals surface area contributed by atoms with Crippen LogP contribution < -0.4 is 5.32 Å². The van der Waals surface area contributed by atoms with E-state index in [4.69, 9.17) is 16.0 Å². The molecule has 0 saturated heterocycles. The summed E-state index contributed by atoms with van der Waals surface area (Å²) in [6, 6.07) is 15.0. The van der Waals surface area contributed by atoms with Crippen LogP contribution in [0.4, 0.5) is 5.69 Å². The first-order chi connectivity index (χ1) is 14.4. The lowest BCUT2D eigenvalue weighted by molar-refractivity contribution is 0.102. The highest BCUT2D eigenvalue weighted by molar-refractivity contribution is 6.31. The minimum Gasteiger partial charge on any atom is -0.441 e. The Bertz CT molecular complexity index is 1210. The second-order valence-corrected chi connectivity index (χ2v) is 7.42. The number of amides is 1.